The molecule has 1 aromatic carbocycles. The smallest absolute Gasteiger partial charge is 0.328 e. The fourth-order valence-corrected chi connectivity index (χ4v) is 2.22. The topological polar surface area (TPSA) is 81.2 Å². The number of carbonyl (C=O) groups is 1. The van der Waals surface area contributed by atoms with Crippen molar-refractivity contribution in [1.82, 2.24) is 9.55 Å². The molecule has 0 aliphatic heterocycles. The molecule has 0 aliphatic rings. The second-order valence-electron chi connectivity index (χ2n) is 4.49. The highest BCUT2D eigenvalue weighted by atomic mass is 79.9. The van der Waals surface area contributed by atoms with Gasteiger partial charge < -0.3 is 4.74 Å². The molecule has 0 saturated heterocycles. The Morgan fingerprint density at radius 2 is 2.10 bits per heavy atom. The van der Waals surface area contributed by atoms with E-state index in [1.54, 1.807) is 18.2 Å². The second kappa shape index (κ2) is 6.09. The SMILES string of the molecule is COc1cc(C)ccc1C(=O)Cn1cc(Br)c(=O)[nH]c1=O. The molecule has 110 valence electrons. The van der Waals surface area contributed by atoms with Crippen molar-refractivity contribution in [2.24, 2.45) is 0 Å². The molecule has 0 saturated carbocycles. The van der Waals surface area contributed by atoms with Gasteiger partial charge >= 0.3 is 5.69 Å². The summed E-state index contributed by atoms with van der Waals surface area (Å²) < 4.78 is 6.50. The zero-order valence-corrected chi connectivity index (χ0v) is 13.1. The van der Waals surface area contributed by atoms with Gasteiger partial charge in [-0.05, 0) is 40.5 Å². The molecule has 0 amide bonds. The van der Waals surface area contributed by atoms with Crippen molar-refractivity contribution in [2.45, 2.75) is 13.5 Å². The summed E-state index contributed by atoms with van der Waals surface area (Å²) in [7, 11) is 1.48. The lowest BCUT2D eigenvalue weighted by Crippen LogP contribution is -2.32. The lowest BCUT2D eigenvalue weighted by atomic mass is 10.1. The van der Waals surface area contributed by atoms with Crippen molar-refractivity contribution in [3.8, 4) is 5.75 Å². The third-order valence-corrected chi connectivity index (χ3v) is 3.50. The van der Waals surface area contributed by atoms with Crippen LogP contribution in [0.25, 0.3) is 0 Å². The van der Waals surface area contributed by atoms with Crippen LogP contribution in [0.2, 0.25) is 0 Å². The first-order valence-electron chi connectivity index (χ1n) is 6.09. The summed E-state index contributed by atoms with van der Waals surface area (Å²) in [6, 6.07) is 5.20. The summed E-state index contributed by atoms with van der Waals surface area (Å²) in [6.07, 6.45) is 1.29. The predicted octanol–water partition coefficient (Wildman–Crippen LogP) is 1.50. The van der Waals surface area contributed by atoms with Gasteiger partial charge in [0.2, 0.25) is 0 Å². The van der Waals surface area contributed by atoms with Crippen molar-refractivity contribution in [3.05, 3.63) is 60.8 Å². The van der Waals surface area contributed by atoms with Crippen LogP contribution in [0.5, 0.6) is 5.75 Å². The maximum absolute atomic E-state index is 12.3. The van der Waals surface area contributed by atoms with Gasteiger partial charge in [-0.1, -0.05) is 6.07 Å². The fraction of sp³-hybridized carbons (Fsp3) is 0.214. The molecule has 0 fully saturated rings. The molecule has 0 atom stereocenters. The van der Waals surface area contributed by atoms with E-state index in [-0.39, 0.29) is 16.8 Å². The number of rotatable bonds is 4. The van der Waals surface area contributed by atoms with E-state index < -0.39 is 11.2 Å². The number of hydrogen-bond acceptors (Lipinski definition) is 4. The van der Waals surface area contributed by atoms with Crippen LogP contribution in [0.3, 0.4) is 0 Å². The highest BCUT2D eigenvalue weighted by molar-refractivity contribution is 9.10. The van der Waals surface area contributed by atoms with E-state index in [2.05, 4.69) is 20.9 Å². The van der Waals surface area contributed by atoms with Crippen LogP contribution >= 0.6 is 15.9 Å². The molecule has 6 nitrogen and oxygen atoms in total. The number of nitrogens with zero attached hydrogens (tertiary/aromatic N) is 1. The Labute approximate surface area is 128 Å². The number of ketones is 1. The van der Waals surface area contributed by atoms with E-state index in [4.69, 9.17) is 4.74 Å². The molecule has 0 bridgehead atoms. The molecule has 1 heterocycles. The fourth-order valence-electron chi connectivity index (χ4n) is 1.87. The zero-order chi connectivity index (χ0) is 15.6. The van der Waals surface area contributed by atoms with Crippen molar-refractivity contribution in [2.75, 3.05) is 7.11 Å². The highest BCUT2D eigenvalue weighted by Crippen LogP contribution is 2.20. The number of hydrogen-bond donors (Lipinski definition) is 1. The number of carbonyl (C=O) groups excluding carboxylic acids is 1. The molecular formula is C14H13BrN2O4. The number of aromatic nitrogens is 2. The van der Waals surface area contributed by atoms with Crippen LogP contribution in [0.15, 0.2) is 38.5 Å². The maximum Gasteiger partial charge on any atom is 0.328 e. The predicted molar refractivity (Wildman–Crippen MR) is 81.1 cm³/mol. The quantitative estimate of drug-likeness (QED) is 0.845. The van der Waals surface area contributed by atoms with Crippen molar-refractivity contribution in [1.29, 1.82) is 0 Å². The Morgan fingerprint density at radius 1 is 1.38 bits per heavy atom. The monoisotopic (exact) mass is 352 g/mol. The molecule has 2 rings (SSSR count). The molecule has 2 aromatic rings. The first-order chi connectivity index (χ1) is 9.92. The van der Waals surface area contributed by atoms with E-state index in [1.807, 2.05) is 6.92 Å². The van der Waals surface area contributed by atoms with Crippen LogP contribution < -0.4 is 16.0 Å². The molecule has 1 aromatic heterocycles. The summed E-state index contributed by atoms with van der Waals surface area (Å²) >= 11 is 3.02. The Balaban J connectivity index is 2.37. The number of Topliss-reactive ketones (excluding diaryl/α,β-unsaturated/α-hetero) is 1. The van der Waals surface area contributed by atoms with Crippen LogP contribution in [0.1, 0.15) is 15.9 Å². The molecule has 21 heavy (non-hydrogen) atoms. The van der Waals surface area contributed by atoms with Crippen molar-refractivity contribution < 1.29 is 9.53 Å². The summed E-state index contributed by atoms with van der Waals surface area (Å²) in [5, 5.41) is 0. The molecule has 1 N–H and O–H groups in total. The van der Waals surface area contributed by atoms with Gasteiger partial charge in [0.15, 0.2) is 5.78 Å². The highest BCUT2D eigenvalue weighted by Gasteiger charge is 2.14. The first kappa shape index (κ1) is 15.2. The molecule has 0 radical (unpaired) electrons. The average Bonchev–Trinajstić information content (AvgIpc) is 2.44. The van der Waals surface area contributed by atoms with Gasteiger partial charge in [0.25, 0.3) is 5.56 Å². The van der Waals surface area contributed by atoms with Gasteiger partial charge in [0.1, 0.15) is 5.75 Å². The van der Waals surface area contributed by atoms with Crippen LogP contribution in [-0.2, 0) is 6.54 Å². The summed E-state index contributed by atoms with van der Waals surface area (Å²) in [4.78, 5) is 37.4. The maximum atomic E-state index is 12.3. The van der Waals surface area contributed by atoms with Crippen LogP contribution in [-0.4, -0.2) is 22.4 Å². The number of benzene rings is 1. The first-order valence-corrected chi connectivity index (χ1v) is 6.89. The van der Waals surface area contributed by atoms with Gasteiger partial charge in [-0.2, -0.15) is 0 Å². The minimum atomic E-state index is -0.636. The van der Waals surface area contributed by atoms with Gasteiger partial charge in [0.05, 0.1) is 23.7 Å². The molecule has 0 spiro atoms. The van der Waals surface area contributed by atoms with Crippen molar-refractivity contribution in [3.63, 3.8) is 0 Å². The third kappa shape index (κ3) is 3.30. The van der Waals surface area contributed by atoms with E-state index in [1.165, 1.54) is 13.3 Å². The van der Waals surface area contributed by atoms with E-state index in [9.17, 15) is 14.4 Å². The summed E-state index contributed by atoms with van der Waals surface area (Å²) in [5.41, 5.74) is 0.184. The Hall–Kier alpha value is -2.15. The van der Waals surface area contributed by atoms with Crippen LogP contribution in [0, 0.1) is 6.92 Å². The van der Waals surface area contributed by atoms with Gasteiger partial charge in [0, 0.05) is 6.20 Å². The molecule has 0 aliphatic carbocycles. The lowest BCUT2D eigenvalue weighted by Gasteiger charge is -2.09. The third-order valence-electron chi connectivity index (χ3n) is 2.94. The standard InChI is InChI=1S/C14H13BrN2O4/c1-8-3-4-9(12(5-8)21-2)11(18)7-17-6-10(15)13(19)16-14(17)20/h3-6H,7H2,1-2H3,(H,16,19,20). The normalized spacial score (nSPS) is 10.4. The number of H-pyrrole nitrogens is 1. The minimum Gasteiger partial charge on any atom is -0.496 e. The number of aromatic amines is 1. The number of methoxy groups -OCH3 is 1. The van der Waals surface area contributed by atoms with E-state index in [0.717, 1.165) is 10.1 Å². The van der Waals surface area contributed by atoms with Gasteiger partial charge in [-0.25, -0.2) is 4.79 Å². The summed E-state index contributed by atoms with van der Waals surface area (Å²) in [5.74, 6) is 0.171. The molecule has 7 heteroatoms. The average molecular weight is 353 g/mol. The summed E-state index contributed by atoms with van der Waals surface area (Å²) in [6.45, 7) is 1.70. The number of aryl methyl sites for hydroxylation is 1. The number of nitrogens with one attached hydrogen (secondary N) is 1. The lowest BCUT2D eigenvalue weighted by molar-refractivity contribution is 0.0967. The van der Waals surface area contributed by atoms with Crippen molar-refractivity contribution >= 4 is 21.7 Å². The number of halogens is 1. The van der Waals surface area contributed by atoms with E-state index >= 15 is 0 Å². The number of ether oxygens (including phenoxy) is 1. The molecule has 0 unspecified atom stereocenters. The van der Waals surface area contributed by atoms with Crippen LogP contribution in [0.4, 0.5) is 0 Å². The minimum absolute atomic E-state index is 0.186. The zero-order valence-electron chi connectivity index (χ0n) is 11.5. The largest absolute Gasteiger partial charge is 0.496 e. The Kier molecular flexibility index (Phi) is 4.42. The van der Waals surface area contributed by atoms with E-state index in [0.29, 0.717) is 11.3 Å². The van der Waals surface area contributed by atoms with Gasteiger partial charge in [-0.15, -0.1) is 0 Å². The second-order valence-corrected chi connectivity index (χ2v) is 5.35. The van der Waals surface area contributed by atoms with Gasteiger partial charge in [-0.3, -0.25) is 19.1 Å². The molecular weight excluding hydrogens is 340 g/mol. The Bertz CT molecular complexity index is 807. The Morgan fingerprint density at radius 3 is 2.76 bits per heavy atom.